The lowest BCUT2D eigenvalue weighted by molar-refractivity contribution is 0.0844. The van der Waals surface area contributed by atoms with Crippen molar-refractivity contribution in [1.29, 1.82) is 0 Å². The number of nitrogens with zero attached hydrogens (tertiary/aromatic N) is 1. The molecule has 0 spiro atoms. The molecule has 0 aliphatic heterocycles. The van der Waals surface area contributed by atoms with E-state index in [0.29, 0.717) is 12.6 Å². The number of nitrogens with one attached hydrogen (secondary N) is 1. The van der Waals surface area contributed by atoms with Crippen LogP contribution in [0.2, 0.25) is 0 Å². The Balaban J connectivity index is 2.19. The minimum atomic E-state index is 0.490. The fourth-order valence-corrected chi connectivity index (χ4v) is 1.82. The van der Waals surface area contributed by atoms with Crippen molar-refractivity contribution in [3.63, 3.8) is 0 Å². The zero-order chi connectivity index (χ0) is 14.1. The van der Waals surface area contributed by atoms with Crippen molar-refractivity contribution >= 4 is 0 Å². The summed E-state index contributed by atoms with van der Waals surface area (Å²) < 4.78 is 11.1. The van der Waals surface area contributed by atoms with Gasteiger partial charge in [-0.05, 0) is 19.2 Å². The molecule has 0 radical (unpaired) electrons. The molecule has 0 saturated heterocycles. The van der Waals surface area contributed by atoms with Gasteiger partial charge >= 0.3 is 0 Å². The van der Waals surface area contributed by atoms with Gasteiger partial charge in [-0.15, -0.1) is 0 Å². The molecule has 19 heavy (non-hydrogen) atoms. The van der Waals surface area contributed by atoms with E-state index in [9.17, 15) is 0 Å². The lowest BCUT2D eigenvalue weighted by atomic mass is 10.3. The molecule has 0 unspecified atom stereocenters. The predicted octanol–water partition coefficient (Wildman–Crippen LogP) is 2.64. The minimum Gasteiger partial charge on any atom is -0.467 e. The average molecular weight is 268 g/mol. The number of likely N-dealkylation sites (N-methyl/N-ethyl adjacent to an activating group) is 1. The van der Waals surface area contributed by atoms with Crippen LogP contribution in [0.1, 0.15) is 39.0 Å². The standard InChI is InChI=1S/C15H28N2O2/c1-5-17(6-2)7-8-18-12-15-9-14(11-19-15)10-16-13(3)4/h9,11,13,16H,5-8,10,12H2,1-4H3. The number of rotatable bonds is 10. The van der Waals surface area contributed by atoms with Gasteiger partial charge in [0.1, 0.15) is 12.4 Å². The van der Waals surface area contributed by atoms with Crippen LogP contribution in [0.15, 0.2) is 16.7 Å². The highest BCUT2D eigenvalue weighted by Crippen LogP contribution is 2.09. The molecule has 0 aliphatic carbocycles. The third-order valence-corrected chi connectivity index (χ3v) is 3.11. The first kappa shape index (κ1) is 16.2. The number of hydrogen-bond donors (Lipinski definition) is 1. The van der Waals surface area contributed by atoms with Crippen LogP contribution in [-0.2, 0) is 17.9 Å². The lowest BCUT2D eigenvalue weighted by Crippen LogP contribution is -2.26. The maximum atomic E-state index is 5.64. The summed E-state index contributed by atoms with van der Waals surface area (Å²) in [5.74, 6) is 0.903. The van der Waals surface area contributed by atoms with Crippen molar-refractivity contribution in [3.8, 4) is 0 Å². The Morgan fingerprint density at radius 2 is 2.05 bits per heavy atom. The molecule has 1 aromatic heterocycles. The quantitative estimate of drug-likeness (QED) is 0.662. The van der Waals surface area contributed by atoms with Crippen LogP contribution < -0.4 is 5.32 Å². The van der Waals surface area contributed by atoms with Crippen molar-refractivity contribution < 1.29 is 9.15 Å². The Hall–Kier alpha value is -0.840. The normalized spacial score (nSPS) is 11.7. The third kappa shape index (κ3) is 6.76. The Morgan fingerprint density at radius 1 is 1.32 bits per heavy atom. The van der Waals surface area contributed by atoms with E-state index in [-0.39, 0.29) is 0 Å². The van der Waals surface area contributed by atoms with Gasteiger partial charge in [-0.25, -0.2) is 0 Å². The molecule has 0 saturated carbocycles. The summed E-state index contributed by atoms with van der Waals surface area (Å²) in [6.45, 7) is 13.9. The summed E-state index contributed by atoms with van der Waals surface area (Å²) in [6.07, 6.45) is 1.80. The molecule has 1 N–H and O–H groups in total. The fourth-order valence-electron chi connectivity index (χ4n) is 1.82. The van der Waals surface area contributed by atoms with Crippen molar-refractivity contribution in [3.05, 3.63) is 23.7 Å². The van der Waals surface area contributed by atoms with E-state index >= 15 is 0 Å². The number of hydrogen-bond acceptors (Lipinski definition) is 4. The van der Waals surface area contributed by atoms with E-state index < -0.39 is 0 Å². The second-order valence-corrected chi connectivity index (χ2v) is 5.04. The van der Waals surface area contributed by atoms with Crippen LogP contribution >= 0.6 is 0 Å². The van der Waals surface area contributed by atoms with Crippen LogP contribution in [0, 0.1) is 0 Å². The largest absolute Gasteiger partial charge is 0.467 e. The summed E-state index contributed by atoms with van der Waals surface area (Å²) in [6, 6.07) is 2.55. The topological polar surface area (TPSA) is 37.6 Å². The smallest absolute Gasteiger partial charge is 0.129 e. The highest BCUT2D eigenvalue weighted by molar-refractivity contribution is 5.12. The van der Waals surface area contributed by atoms with Crippen LogP contribution in [0.5, 0.6) is 0 Å². The van der Waals surface area contributed by atoms with Crippen LogP contribution in [-0.4, -0.2) is 37.2 Å². The molecule has 1 rings (SSSR count). The molecule has 0 fully saturated rings. The Kier molecular flexibility index (Phi) is 7.79. The Bertz CT molecular complexity index is 333. The van der Waals surface area contributed by atoms with E-state index in [1.165, 1.54) is 5.56 Å². The van der Waals surface area contributed by atoms with E-state index in [4.69, 9.17) is 9.15 Å². The number of ether oxygens (including phenoxy) is 1. The first-order valence-corrected chi connectivity index (χ1v) is 7.25. The molecule has 110 valence electrons. The molecule has 0 amide bonds. The Morgan fingerprint density at radius 3 is 2.68 bits per heavy atom. The monoisotopic (exact) mass is 268 g/mol. The van der Waals surface area contributed by atoms with Gasteiger partial charge in [0.2, 0.25) is 0 Å². The van der Waals surface area contributed by atoms with Gasteiger partial charge in [0.15, 0.2) is 0 Å². The molecular weight excluding hydrogens is 240 g/mol. The lowest BCUT2D eigenvalue weighted by Gasteiger charge is -2.17. The second kappa shape index (κ2) is 9.13. The maximum Gasteiger partial charge on any atom is 0.129 e. The van der Waals surface area contributed by atoms with E-state index in [1.807, 2.05) is 0 Å². The van der Waals surface area contributed by atoms with Crippen LogP contribution in [0.25, 0.3) is 0 Å². The van der Waals surface area contributed by atoms with Gasteiger partial charge < -0.3 is 19.4 Å². The molecule has 4 heteroatoms. The van der Waals surface area contributed by atoms with Gasteiger partial charge in [0.05, 0.1) is 12.9 Å². The maximum absolute atomic E-state index is 5.64. The van der Waals surface area contributed by atoms with Gasteiger partial charge in [0.25, 0.3) is 0 Å². The molecule has 4 nitrogen and oxygen atoms in total. The highest BCUT2D eigenvalue weighted by atomic mass is 16.5. The molecule has 1 heterocycles. The zero-order valence-corrected chi connectivity index (χ0v) is 12.7. The SMILES string of the molecule is CCN(CC)CCOCc1cc(CNC(C)C)co1. The summed E-state index contributed by atoms with van der Waals surface area (Å²) in [5.41, 5.74) is 1.18. The van der Waals surface area contributed by atoms with Gasteiger partial charge in [-0.3, -0.25) is 0 Å². The zero-order valence-electron chi connectivity index (χ0n) is 12.7. The first-order valence-electron chi connectivity index (χ1n) is 7.25. The minimum absolute atomic E-state index is 0.490. The predicted molar refractivity (Wildman–Crippen MR) is 78.1 cm³/mol. The highest BCUT2D eigenvalue weighted by Gasteiger charge is 2.04. The number of furan rings is 1. The summed E-state index contributed by atoms with van der Waals surface area (Å²) >= 11 is 0. The van der Waals surface area contributed by atoms with E-state index in [2.05, 4.69) is 44.0 Å². The van der Waals surface area contributed by atoms with Crippen LogP contribution in [0.4, 0.5) is 0 Å². The molecule has 0 bridgehead atoms. The van der Waals surface area contributed by atoms with Crippen LogP contribution in [0.3, 0.4) is 0 Å². The van der Waals surface area contributed by atoms with Gasteiger partial charge in [-0.1, -0.05) is 27.7 Å². The summed E-state index contributed by atoms with van der Waals surface area (Å²) in [4.78, 5) is 2.35. The van der Waals surface area contributed by atoms with E-state index in [1.54, 1.807) is 6.26 Å². The Labute approximate surface area is 117 Å². The fraction of sp³-hybridized carbons (Fsp3) is 0.733. The summed E-state index contributed by atoms with van der Waals surface area (Å²) in [5, 5.41) is 3.37. The van der Waals surface area contributed by atoms with Crippen molar-refractivity contribution in [2.75, 3.05) is 26.2 Å². The molecule has 0 aromatic carbocycles. The molecule has 0 aliphatic rings. The van der Waals surface area contributed by atoms with Gasteiger partial charge in [0, 0.05) is 24.7 Å². The van der Waals surface area contributed by atoms with Crippen molar-refractivity contribution in [2.45, 2.75) is 46.9 Å². The average Bonchev–Trinajstić information content (AvgIpc) is 2.84. The molecule has 0 atom stereocenters. The molecular formula is C15H28N2O2. The van der Waals surface area contributed by atoms with Crippen molar-refractivity contribution in [2.24, 2.45) is 0 Å². The molecule has 1 aromatic rings. The first-order chi connectivity index (χ1) is 9.15. The van der Waals surface area contributed by atoms with Crippen molar-refractivity contribution in [1.82, 2.24) is 10.2 Å². The van der Waals surface area contributed by atoms with E-state index in [0.717, 1.165) is 38.5 Å². The summed E-state index contributed by atoms with van der Waals surface area (Å²) in [7, 11) is 0. The van der Waals surface area contributed by atoms with Gasteiger partial charge in [-0.2, -0.15) is 0 Å². The third-order valence-electron chi connectivity index (χ3n) is 3.11. The second-order valence-electron chi connectivity index (χ2n) is 5.04.